The van der Waals surface area contributed by atoms with Gasteiger partial charge in [-0.15, -0.1) is 0 Å². The van der Waals surface area contributed by atoms with E-state index in [2.05, 4.69) is 4.72 Å². The number of rotatable bonds is 6. The van der Waals surface area contributed by atoms with Crippen molar-refractivity contribution >= 4 is 33.2 Å². The van der Waals surface area contributed by atoms with Crippen LogP contribution in [-0.2, 0) is 16.6 Å². The van der Waals surface area contributed by atoms with Crippen molar-refractivity contribution in [3.8, 4) is 0 Å². The summed E-state index contributed by atoms with van der Waals surface area (Å²) in [6.45, 7) is 2.78. The maximum absolute atomic E-state index is 12.7. The van der Waals surface area contributed by atoms with E-state index in [1.54, 1.807) is 29.2 Å². The number of nitrogens with zero attached hydrogens (tertiary/aromatic N) is 1. The molecule has 0 saturated carbocycles. The molecule has 1 N–H and O–H groups in total. The molecule has 0 atom stereocenters. The Kier molecular flexibility index (Phi) is 5.85. The Labute approximate surface area is 147 Å². The number of anilines is 1. The molecule has 2 aromatic carbocycles. The molecule has 0 heterocycles. The molecular formula is C17H19ClN2O3S. The van der Waals surface area contributed by atoms with Crippen molar-refractivity contribution in [3.63, 3.8) is 0 Å². The highest BCUT2D eigenvalue weighted by Gasteiger charge is 2.16. The highest BCUT2D eigenvalue weighted by Crippen LogP contribution is 2.19. The quantitative estimate of drug-likeness (QED) is 0.852. The van der Waals surface area contributed by atoms with Crippen molar-refractivity contribution in [1.82, 2.24) is 4.90 Å². The van der Waals surface area contributed by atoms with Gasteiger partial charge in [-0.25, -0.2) is 8.42 Å². The molecule has 1 amide bonds. The molecule has 5 nitrogen and oxygen atoms in total. The maximum Gasteiger partial charge on any atom is 0.254 e. The predicted molar refractivity (Wildman–Crippen MR) is 96.8 cm³/mol. The number of hydrogen-bond acceptors (Lipinski definition) is 3. The van der Waals surface area contributed by atoms with Gasteiger partial charge < -0.3 is 4.90 Å². The van der Waals surface area contributed by atoms with Crippen LogP contribution in [0.5, 0.6) is 0 Å². The van der Waals surface area contributed by atoms with Crippen molar-refractivity contribution in [2.24, 2.45) is 0 Å². The van der Waals surface area contributed by atoms with E-state index in [9.17, 15) is 13.2 Å². The Balaban J connectivity index is 2.22. The summed E-state index contributed by atoms with van der Waals surface area (Å²) in [5.41, 5.74) is 1.63. The lowest BCUT2D eigenvalue weighted by Crippen LogP contribution is -2.30. The molecule has 0 saturated heterocycles. The van der Waals surface area contributed by atoms with Crippen LogP contribution in [0.25, 0.3) is 0 Å². The van der Waals surface area contributed by atoms with Crippen molar-refractivity contribution in [3.05, 3.63) is 64.7 Å². The highest BCUT2D eigenvalue weighted by molar-refractivity contribution is 7.92. The van der Waals surface area contributed by atoms with E-state index in [0.29, 0.717) is 29.4 Å². The first kappa shape index (κ1) is 18.3. The number of carbonyl (C=O) groups is 1. The van der Waals surface area contributed by atoms with Crippen molar-refractivity contribution in [2.45, 2.75) is 13.5 Å². The van der Waals surface area contributed by atoms with E-state index < -0.39 is 10.0 Å². The Morgan fingerprint density at radius 3 is 2.50 bits per heavy atom. The average molecular weight is 367 g/mol. The highest BCUT2D eigenvalue weighted by atomic mass is 35.5. The molecule has 2 aromatic rings. The van der Waals surface area contributed by atoms with Gasteiger partial charge >= 0.3 is 0 Å². The molecular weight excluding hydrogens is 348 g/mol. The first-order chi connectivity index (χ1) is 11.3. The molecule has 0 spiro atoms. The smallest absolute Gasteiger partial charge is 0.254 e. The summed E-state index contributed by atoms with van der Waals surface area (Å²) < 4.78 is 25.0. The van der Waals surface area contributed by atoms with Gasteiger partial charge in [0.05, 0.1) is 6.26 Å². The average Bonchev–Trinajstić information content (AvgIpc) is 2.52. The minimum absolute atomic E-state index is 0.186. The van der Waals surface area contributed by atoms with Gasteiger partial charge in [0.15, 0.2) is 0 Å². The van der Waals surface area contributed by atoms with Crippen LogP contribution in [0.4, 0.5) is 5.69 Å². The summed E-state index contributed by atoms with van der Waals surface area (Å²) in [6, 6.07) is 13.8. The molecule has 0 unspecified atom stereocenters. The largest absolute Gasteiger partial charge is 0.335 e. The number of hydrogen-bond donors (Lipinski definition) is 1. The number of nitrogens with one attached hydrogen (secondary N) is 1. The minimum Gasteiger partial charge on any atom is -0.335 e. The molecule has 0 aromatic heterocycles. The minimum atomic E-state index is -3.39. The summed E-state index contributed by atoms with van der Waals surface area (Å²) in [6.07, 6.45) is 1.07. The third-order valence-corrected chi connectivity index (χ3v) is 4.38. The van der Waals surface area contributed by atoms with Gasteiger partial charge in [-0.3, -0.25) is 9.52 Å². The molecule has 0 radical (unpaired) electrons. The lowest BCUT2D eigenvalue weighted by molar-refractivity contribution is 0.0752. The second-order valence-electron chi connectivity index (χ2n) is 5.37. The molecule has 128 valence electrons. The fraction of sp³-hybridized carbons (Fsp3) is 0.235. The zero-order valence-corrected chi connectivity index (χ0v) is 15.1. The number of halogens is 1. The van der Waals surface area contributed by atoms with Gasteiger partial charge in [-0.2, -0.15) is 0 Å². The Morgan fingerprint density at radius 2 is 1.88 bits per heavy atom. The topological polar surface area (TPSA) is 66.5 Å². The second kappa shape index (κ2) is 7.68. The van der Waals surface area contributed by atoms with Gasteiger partial charge in [0.1, 0.15) is 0 Å². The summed E-state index contributed by atoms with van der Waals surface area (Å²) in [7, 11) is -3.39. The van der Waals surface area contributed by atoms with Crippen molar-refractivity contribution in [2.75, 3.05) is 17.5 Å². The normalized spacial score (nSPS) is 11.1. The molecule has 0 bridgehead atoms. The lowest BCUT2D eigenvalue weighted by atomic mass is 10.1. The van der Waals surface area contributed by atoms with E-state index in [1.807, 2.05) is 25.1 Å². The fourth-order valence-corrected chi connectivity index (χ4v) is 3.02. The fourth-order valence-electron chi connectivity index (χ4n) is 2.27. The summed E-state index contributed by atoms with van der Waals surface area (Å²) in [5.74, 6) is -0.186. The Hall–Kier alpha value is -2.05. The standard InChI is InChI=1S/C17H19ClN2O3S/c1-3-20(12-14-7-4-5-10-16(14)18)17(21)13-8-6-9-15(11-13)19-24(2,22)23/h4-11,19H,3,12H2,1-2H3. The first-order valence-corrected chi connectivity index (χ1v) is 9.67. The first-order valence-electron chi connectivity index (χ1n) is 7.40. The monoisotopic (exact) mass is 366 g/mol. The van der Waals surface area contributed by atoms with Crippen molar-refractivity contribution in [1.29, 1.82) is 0 Å². The molecule has 0 aliphatic rings. The van der Waals surface area contributed by atoms with Gasteiger partial charge in [0.25, 0.3) is 5.91 Å². The Bertz CT molecular complexity index is 837. The second-order valence-corrected chi connectivity index (χ2v) is 7.52. The number of carbonyl (C=O) groups excluding carboxylic acids is 1. The van der Waals surface area contributed by atoms with Crippen LogP contribution in [0, 0.1) is 0 Å². The molecule has 2 rings (SSSR count). The zero-order chi connectivity index (χ0) is 17.7. The van der Waals surface area contributed by atoms with E-state index in [-0.39, 0.29) is 5.91 Å². The maximum atomic E-state index is 12.7. The van der Waals surface area contributed by atoms with Crippen LogP contribution >= 0.6 is 11.6 Å². The summed E-state index contributed by atoms with van der Waals surface area (Å²) in [5, 5.41) is 0.608. The Morgan fingerprint density at radius 1 is 1.17 bits per heavy atom. The third kappa shape index (κ3) is 4.97. The van der Waals surface area contributed by atoms with Crippen LogP contribution in [0.15, 0.2) is 48.5 Å². The van der Waals surface area contributed by atoms with Gasteiger partial charge in [0.2, 0.25) is 10.0 Å². The SMILES string of the molecule is CCN(Cc1ccccc1Cl)C(=O)c1cccc(NS(C)(=O)=O)c1. The van der Waals surface area contributed by atoms with E-state index in [1.165, 1.54) is 6.07 Å². The van der Waals surface area contributed by atoms with Gasteiger partial charge in [0, 0.05) is 29.4 Å². The third-order valence-electron chi connectivity index (χ3n) is 3.40. The van der Waals surface area contributed by atoms with Crippen LogP contribution < -0.4 is 4.72 Å². The predicted octanol–water partition coefficient (Wildman–Crippen LogP) is 3.37. The number of benzene rings is 2. The molecule has 7 heteroatoms. The van der Waals surface area contributed by atoms with E-state index >= 15 is 0 Å². The summed E-state index contributed by atoms with van der Waals surface area (Å²) >= 11 is 6.16. The zero-order valence-electron chi connectivity index (χ0n) is 13.5. The van der Waals surface area contributed by atoms with E-state index in [4.69, 9.17) is 11.6 Å². The van der Waals surface area contributed by atoms with E-state index in [0.717, 1.165) is 11.8 Å². The molecule has 0 aliphatic carbocycles. The molecule has 24 heavy (non-hydrogen) atoms. The van der Waals surface area contributed by atoms with Gasteiger partial charge in [-0.1, -0.05) is 35.9 Å². The van der Waals surface area contributed by atoms with Crippen LogP contribution in [0.3, 0.4) is 0 Å². The lowest BCUT2D eigenvalue weighted by Gasteiger charge is -2.22. The van der Waals surface area contributed by atoms with Crippen LogP contribution in [0.1, 0.15) is 22.8 Å². The molecule has 0 fully saturated rings. The number of amides is 1. The van der Waals surface area contributed by atoms with Crippen LogP contribution in [0.2, 0.25) is 5.02 Å². The summed E-state index contributed by atoms with van der Waals surface area (Å²) in [4.78, 5) is 14.4. The van der Waals surface area contributed by atoms with Gasteiger partial charge in [-0.05, 0) is 36.8 Å². The number of sulfonamides is 1. The van der Waals surface area contributed by atoms with Crippen molar-refractivity contribution < 1.29 is 13.2 Å². The molecule has 0 aliphatic heterocycles. The van der Waals surface area contributed by atoms with Crippen LogP contribution in [-0.4, -0.2) is 32.0 Å².